The fourth-order valence-corrected chi connectivity index (χ4v) is 3.80. The van der Waals surface area contributed by atoms with E-state index in [4.69, 9.17) is 4.52 Å². The Morgan fingerprint density at radius 2 is 1.96 bits per heavy atom. The van der Waals surface area contributed by atoms with Crippen LogP contribution in [0.4, 0.5) is 11.4 Å². The number of pyridine rings is 1. The molecule has 0 aliphatic carbocycles. The Kier molecular flexibility index (Phi) is 4.79. The van der Waals surface area contributed by atoms with Crippen LogP contribution in [-0.2, 0) is 11.2 Å². The molecule has 0 spiro atoms. The lowest BCUT2D eigenvalue weighted by atomic mass is 10.0. The number of rotatable bonds is 4. The van der Waals surface area contributed by atoms with Crippen molar-refractivity contribution in [2.75, 3.05) is 23.3 Å². The molecule has 140 valence electrons. The van der Waals surface area contributed by atoms with E-state index < -0.39 is 0 Å². The van der Waals surface area contributed by atoms with Gasteiger partial charge >= 0.3 is 0 Å². The maximum Gasteiger partial charge on any atom is 0.229 e. The molecule has 0 bridgehead atoms. The number of hydrogen-bond acceptors (Lipinski definition) is 5. The minimum absolute atomic E-state index is 0.0831. The second-order valence-electron chi connectivity index (χ2n) is 7.13. The van der Waals surface area contributed by atoms with Crippen LogP contribution in [0.3, 0.4) is 0 Å². The highest BCUT2D eigenvalue weighted by atomic mass is 16.5. The molecule has 1 fully saturated rings. The summed E-state index contributed by atoms with van der Waals surface area (Å²) >= 11 is 0. The fraction of sp³-hybridized carbons (Fsp3) is 0.381. The molecule has 4 rings (SSSR count). The molecule has 0 unspecified atom stereocenters. The fourth-order valence-electron chi connectivity index (χ4n) is 3.80. The van der Waals surface area contributed by atoms with E-state index in [1.165, 1.54) is 24.9 Å². The van der Waals surface area contributed by atoms with E-state index >= 15 is 0 Å². The highest BCUT2D eigenvalue weighted by molar-refractivity contribution is 6.06. The van der Waals surface area contributed by atoms with Crippen LogP contribution in [0.2, 0.25) is 0 Å². The van der Waals surface area contributed by atoms with Crippen LogP contribution in [0.25, 0.3) is 10.8 Å². The molecule has 1 aliphatic heterocycles. The first kappa shape index (κ1) is 17.5. The summed E-state index contributed by atoms with van der Waals surface area (Å²) in [7, 11) is 0. The van der Waals surface area contributed by atoms with Crippen LogP contribution < -0.4 is 10.2 Å². The average Bonchev–Trinajstić information content (AvgIpc) is 3.01. The minimum Gasteiger partial charge on any atom is -0.371 e. The molecular weight excluding hydrogens is 340 g/mol. The van der Waals surface area contributed by atoms with Gasteiger partial charge in [0.1, 0.15) is 5.76 Å². The van der Waals surface area contributed by atoms with Crippen LogP contribution in [0, 0.1) is 13.8 Å². The van der Waals surface area contributed by atoms with Gasteiger partial charge in [0, 0.05) is 47.5 Å². The molecule has 0 radical (unpaired) electrons. The first-order valence-corrected chi connectivity index (χ1v) is 9.47. The standard InChI is InChI=1S/C21H24N4O2/c1-14-17(15(2)27-24-14)12-21(26)23-19-6-7-20(25-10-4-3-5-11-25)16-8-9-22-13-18(16)19/h6-9,13H,3-5,10-12H2,1-2H3,(H,23,26). The van der Waals surface area contributed by atoms with Crippen molar-refractivity contribution >= 4 is 28.1 Å². The first-order valence-electron chi connectivity index (χ1n) is 9.47. The Labute approximate surface area is 158 Å². The number of piperidine rings is 1. The second kappa shape index (κ2) is 7.39. The highest BCUT2D eigenvalue weighted by Crippen LogP contribution is 2.33. The summed E-state index contributed by atoms with van der Waals surface area (Å²) in [6.07, 6.45) is 7.63. The van der Waals surface area contributed by atoms with E-state index in [-0.39, 0.29) is 12.3 Å². The number of fused-ring (bicyclic) bond motifs is 1. The zero-order chi connectivity index (χ0) is 18.8. The number of aryl methyl sites for hydroxylation is 2. The molecule has 27 heavy (non-hydrogen) atoms. The van der Waals surface area contributed by atoms with Gasteiger partial charge < -0.3 is 14.7 Å². The lowest BCUT2D eigenvalue weighted by Crippen LogP contribution is -2.29. The van der Waals surface area contributed by atoms with Crippen molar-refractivity contribution < 1.29 is 9.32 Å². The van der Waals surface area contributed by atoms with Gasteiger partial charge in [-0.2, -0.15) is 0 Å². The zero-order valence-corrected chi connectivity index (χ0v) is 15.8. The molecule has 6 nitrogen and oxygen atoms in total. The molecule has 1 aromatic carbocycles. The number of benzene rings is 1. The summed E-state index contributed by atoms with van der Waals surface area (Å²) in [5.41, 5.74) is 3.61. The quantitative estimate of drug-likeness (QED) is 0.757. The van der Waals surface area contributed by atoms with Gasteiger partial charge in [-0.1, -0.05) is 5.16 Å². The molecule has 1 saturated heterocycles. The van der Waals surface area contributed by atoms with Crippen molar-refractivity contribution in [1.82, 2.24) is 10.1 Å². The van der Waals surface area contributed by atoms with Crippen molar-refractivity contribution in [2.45, 2.75) is 39.5 Å². The molecule has 2 aromatic heterocycles. The summed E-state index contributed by atoms with van der Waals surface area (Å²) in [4.78, 5) is 19.3. The predicted octanol–water partition coefficient (Wildman–Crippen LogP) is 4.01. The minimum atomic E-state index is -0.0831. The first-order chi connectivity index (χ1) is 13.1. The number of anilines is 2. The molecule has 1 amide bonds. The Balaban J connectivity index is 1.62. The zero-order valence-electron chi connectivity index (χ0n) is 15.8. The molecule has 0 saturated carbocycles. The molecule has 1 N–H and O–H groups in total. The van der Waals surface area contributed by atoms with E-state index in [1.807, 2.05) is 38.4 Å². The van der Waals surface area contributed by atoms with Gasteiger partial charge in [0.15, 0.2) is 0 Å². The number of nitrogens with zero attached hydrogens (tertiary/aromatic N) is 3. The maximum atomic E-state index is 12.6. The molecule has 3 heterocycles. The summed E-state index contributed by atoms with van der Waals surface area (Å²) in [6.45, 7) is 5.84. The molecule has 3 aromatic rings. The number of hydrogen-bond donors (Lipinski definition) is 1. The van der Waals surface area contributed by atoms with Crippen molar-refractivity contribution in [1.29, 1.82) is 0 Å². The molecule has 6 heteroatoms. The van der Waals surface area contributed by atoms with Crippen molar-refractivity contribution in [3.05, 3.63) is 47.6 Å². The molecule has 0 atom stereocenters. The van der Waals surface area contributed by atoms with Gasteiger partial charge in [-0.05, 0) is 51.3 Å². The Morgan fingerprint density at radius 3 is 2.70 bits per heavy atom. The topological polar surface area (TPSA) is 71.3 Å². The van der Waals surface area contributed by atoms with Crippen LogP contribution in [0.5, 0.6) is 0 Å². The van der Waals surface area contributed by atoms with E-state index in [0.29, 0.717) is 5.76 Å². The largest absolute Gasteiger partial charge is 0.371 e. The van der Waals surface area contributed by atoms with E-state index in [0.717, 1.165) is 40.8 Å². The van der Waals surface area contributed by atoms with Crippen LogP contribution in [0.1, 0.15) is 36.3 Å². The van der Waals surface area contributed by atoms with Crippen LogP contribution in [-0.4, -0.2) is 29.1 Å². The highest BCUT2D eigenvalue weighted by Gasteiger charge is 2.17. The van der Waals surface area contributed by atoms with Gasteiger partial charge in [0.25, 0.3) is 0 Å². The number of nitrogens with one attached hydrogen (secondary N) is 1. The third-order valence-corrected chi connectivity index (χ3v) is 5.28. The summed E-state index contributed by atoms with van der Waals surface area (Å²) in [5.74, 6) is 0.606. The number of carbonyl (C=O) groups is 1. The van der Waals surface area contributed by atoms with Crippen LogP contribution >= 0.6 is 0 Å². The van der Waals surface area contributed by atoms with Gasteiger partial charge in [-0.25, -0.2) is 0 Å². The van der Waals surface area contributed by atoms with Crippen molar-refractivity contribution in [3.8, 4) is 0 Å². The predicted molar refractivity (Wildman–Crippen MR) is 106 cm³/mol. The van der Waals surface area contributed by atoms with Gasteiger partial charge in [0.2, 0.25) is 5.91 Å². The number of amides is 1. The van der Waals surface area contributed by atoms with Crippen LogP contribution in [0.15, 0.2) is 35.1 Å². The van der Waals surface area contributed by atoms with E-state index in [9.17, 15) is 4.79 Å². The third kappa shape index (κ3) is 3.52. The van der Waals surface area contributed by atoms with E-state index in [2.05, 4.69) is 26.4 Å². The monoisotopic (exact) mass is 364 g/mol. The second-order valence-corrected chi connectivity index (χ2v) is 7.13. The molecule has 1 aliphatic rings. The number of aromatic nitrogens is 2. The summed E-state index contributed by atoms with van der Waals surface area (Å²) in [6, 6.07) is 6.13. The van der Waals surface area contributed by atoms with E-state index in [1.54, 1.807) is 0 Å². The number of carbonyl (C=O) groups excluding carboxylic acids is 1. The lowest BCUT2D eigenvalue weighted by Gasteiger charge is -2.30. The summed E-state index contributed by atoms with van der Waals surface area (Å²) < 4.78 is 5.15. The third-order valence-electron chi connectivity index (χ3n) is 5.28. The smallest absolute Gasteiger partial charge is 0.229 e. The Hall–Kier alpha value is -2.89. The maximum absolute atomic E-state index is 12.6. The van der Waals surface area contributed by atoms with Gasteiger partial charge in [0.05, 0.1) is 17.8 Å². The van der Waals surface area contributed by atoms with Gasteiger partial charge in [-0.15, -0.1) is 0 Å². The Morgan fingerprint density at radius 1 is 1.15 bits per heavy atom. The normalized spacial score (nSPS) is 14.5. The average molecular weight is 364 g/mol. The van der Waals surface area contributed by atoms with Gasteiger partial charge in [-0.3, -0.25) is 9.78 Å². The SMILES string of the molecule is Cc1noc(C)c1CC(=O)Nc1ccc(N2CCCCC2)c2ccncc12. The summed E-state index contributed by atoms with van der Waals surface area (Å²) in [5, 5.41) is 9.05. The van der Waals surface area contributed by atoms with Crippen molar-refractivity contribution in [2.24, 2.45) is 0 Å². The Bertz CT molecular complexity index is 954. The lowest BCUT2D eigenvalue weighted by molar-refractivity contribution is -0.115. The van der Waals surface area contributed by atoms with Crippen molar-refractivity contribution in [3.63, 3.8) is 0 Å². The molecular formula is C21H24N4O2.